The van der Waals surface area contributed by atoms with Crippen molar-refractivity contribution in [1.29, 1.82) is 0 Å². The van der Waals surface area contributed by atoms with Crippen LogP contribution in [-0.2, 0) is 10.0 Å². The summed E-state index contributed by atoms with van der Waals surface area (Å²) in [6.07, 6.45) is 3.63. The third kappa shape index (κ3) is 9.38. The Morgan fingerprint density at radius 2 is 1.96 bits per heavy atom. The normalized spacial score (nSPS) is 19.9. The van der Waals surface area contributed by atoms with Gasteiger partial charge in [-0.15, -0.1) is 24.0 Å². The van der Waals surface area contributed by atoms with Crippen LogP contribution in [-0.4, -0.2) is 69.8 Å². The number of hydrogen-bond acceptors (Lipinski definition) is 4. The first-order chi connectivity index (χ1) is 10.7. The molecule has 144 valence electrons. The molecular formula is C15H34IN5O2S. The van der Waals surface area contributed by atoms with Crippen LogP contribution in [0.15, 0.2) is 4.99 Å². The number of sulfonamides is 1. The van der Waals surface area contributed by atoms with Crippen molar-refractivity contribution in [1.82, 2.24) is 20.3 Å². The van der Waals surface area contributed by atoms with Crippen LogP contribution in [0.3, 0.4) is 0 Å². The molecule has 0 amide bonds. The molecule has 1 saturated heterocycles. The quantitative estimate of drug-likeness (QED) is 0.277. The fourth-order valence-corrected chi connectivity index (χ4v) is 3.98. The molecule has 0 aromatic heterocycles. The lowest BCUT2D eigenvalue weighted by Gasteiger charge is -2.25. The summed E-state index contributed by atoms with van der Waals surface area (Å²) >= 11 is 0. The van der Waals surface area contributed by atoms with Crippen molar-refractivity contribution in [3.05, 3.63) is 0 Å². The van der Waals surface area contributed by atoms with E-state index in [0.717, 1.165) is 25.6 Å². The van der Waals surface area contributed by atoms with Gasteiger partial charge in [0.2, 0.25) is 10.0 Å². The van der Waals surface area contributed by atoms with Crippen LogP contribution < -0.4 is 15.4 Å². The average molecular weight is 475 g/mol. The van der Waals surface area contributed by atoms with Crippen molar-refractivity contribution in [3.63, 3.8) is 0 Å². The first kappa shape index (κ1) is 23.9. The van der Waals surface area contributed by atoms with Crippen molar-refractivity contribution in [2.75, 3.05) is 39.0 Å². The predicted octanol–water partition coefficient (Wildman–Crippen LogP) is 0.972. The Hall–Kier alpha value is -0.130. The van der Waals surface area contributed by atoms with Gasteiger partial charge in [-0.2, -0.15) is 0 Å². The van der Waals surface area contributed by atoms with E-state index >= 15 is 0 Å². The summed E-state index contributed by atoms with van der Waals surface area (Å²) in [7, 11) is -3.24. The van der Waals surface area contributed by atoms with E-state index < -0.39 is 15.6 Å². The van der Waals surface area contributed by atoms with E-state index in [9.17, 15) is 8.42 Å². The van der Waals surface area contributed by atoms with Gasteiger partial charge in [-0.3, -0.25) is 9.89 Å². The van der Waals surface area contributed by atoms with Crippen molar-refractivity contribution in [3.8, 4) is 0 Å². The molecule has 1 heterocycles. The number of likely N-dealkylation sites (tertiary alicyclic amines) is 1. The van der Waals surface area contributed by atoms with Crippen molar-refractivity contribution < 1.29 is 8.42 Å². The lowest BCUT2D eigenvalue weighted by Crippen LogP contribution is -2.48. The van der Waals surface area contributed by atoms with Crippen LogP contribution in [0.2, 0.25) is 0 Å². The second-order valence-electron chi connectivity index (χ2n) is 6.76. The summed E-state index contributed by atoms with van der Waals surface area (Å²) in [6.45, 7) is 12.1. The van der Waals surface area contributed by atoms with Crippen LogP contribution in [0.4, 0.5) is 0 Å². The second kappa shape index (κ2) is 10.8. The third-order valence-corrected chi connectivity index (χ3v) is 4.77. The third-order valence-electron chi connectivity index (χ3n) is 3.85. The van der Waals surface area contributed by atoms with E-state index in [4.69, 9.17) is 0 Å². The van der Waals surface area contributed by atoms with E-state index in [2.05, 4.69) is 32.2 Å². The van der Waals surface area contributed by atoms with Crippen molar-refractivity contribution in [2.45, 2.75) is 52.1 Å². The monoisotopic (exact) mass is 475 g/mol. The molecule has 0 aromatic carbocycles. The molecule has 0 radical (unpaired) electrons. The first-order valence-corrected chi connectivity index (χ1v) is 10.3. The van der Waals surface area contributed by atoms with Crippen LogP contribution >= 0.6 is 24.0 Å². The molecule has 0 saturated carbocycles. The van der Waals surface area contributed by atoms with Gasteiger partial charge in [0.15, 0.2) is 5.96 Å². The molecule has 1 aliphatic heterocycles. The van der Waals surface area contributed by atoms with Gasteiger partial charge in [-0.25, -0.2) is 13.1 Å². The number of halogens is 1. The summed E-state index contributed by atoms with van der Waals surface area (Å²) in [5.74, 6) is 0.735. The molecule has 0 aromatic rings. The maximum atomic E-state index is 11.4. The summed E-state index contributed by atoms with van der Waals surface area (Å²) in [4.78, 5) is 7.01. The highest BCUT2D eigenvalue weighted by molar-refractivity contribution is 14.0. The molecule has 1 aliphatic rings. The number of nitrogens with one attached hydrogen (secondary N) is 3. The Morgan fingerprint density at radius 1 is 1.29 bits per heavy atom. The lowest BCUT2D eigenvalue weighted by atomic mass is 10.1. The largest absolute Gasteiger partial charge is 0.357 e. The first-order valence-electron chi connectivity index (χ1n) is 8.42. The molecule has 7 nitrogen and oxygen atoms in total. The lowest BCUT2D eigenvalue weighted by molar-refractivity contribution is 0.267. The topological polar surface area (TPSA) is 85.8 Å². The Kier molecular flexibility index (Phi) is 10.7. The molecule has 24 heavy (non-hydrogen) atoms. The highest BCUT2D eigenvalue weighted by Gasteiger charge is 2.24. The van der Waals surface area contributed by atoms with Gasteiger partial charge in [-0.1, -0.05) is 6.92 Å². The van der Waals surface area contributed by atoms with E-state index in [1.165, 1.54) is 25.6 Å². The minimum absolute atomic E-state index is 0. The molecule has 1 unspecified atom stereocenters. The molecule has 1 rings (SSSR count). The molecule has 3 N–H and O–H groups in total. The van der Waals surface area contributed by atoms with Crippen LogP contribution in [0.5, 0.6) is 0 Å². The van der Waals surface area contributed by atoms with E-state index in [1.807, 2.05) is 20.8 Å². The standard InChI is InChI=1S/C15H33N5O2S.HI/c1-6-16-14(17-11-13-9-8-10-20(13)7-2)18-12-15(3,4)19-23(5,21)22;/h13,19H,6-12H2,1-5H3,(H2,16,17,18);1H. The molecule has 0 aliphatic carbocycles. The van der Waals surface area contributed by atoms with E-state index in [1.54, 1.807) is 0 Å². The SMILES string of the molecule is CCNC(=NCC(C)(C)NS(C)(=O)=O)NCC1CCCN1CC.I. The number of rotatable bonds is 8. The number of aliphatic imine (C=N–C) groups is 1. The fourth-order valence-electron chi connectivity index (χ4n) is 2.91. The van der Waals surface area contributed by atoms with Crippen LogP contribution in [0.1, 0.15) is 40.5 Å². The molecular weight excluding hydrogens is 441 g/mol. The molecule has 0 spiro atoms. The van der Waals surface area contributed by atoms with E-state index in [0.29, 0.717) is 12.6 Å². The van der Waals surface area contributed by atoms with Crippen LogP contribution in [0, 0.1) is 0 Å². The zero-order chi connectivity index (χ0) is 17.5. The summed E-state index contributed by atoms with van der Waals surface area (Å²) < 4.78 is 25.4. The van der Waals surface area contributed by atoms with Gasteiger partial charge in [0.25, 0.3) is 0 Å². The Labute approximate surface area is 164 Å². The fraction of sp³-hybridized carbons (Fsp3) is 0.933. The Balaban J connectivity index is 0.00000529. The average Bonchev–Trinajstić information content (AvgIpc) is 2.86. The minimum atomic E-state index is -3.24. The van der Waals surface area contributed by atoms with Crippen LogP contribution in [0.25, 0.3) is 0 Å². The Morgan fingerprint density at radius 3 is 2.50 bits per heavy atom. The van der Waals surface area contributed by atoms with Gasteiger partial charge < -0.3 is 10.6 Å². The zero-order valence-corrected chi connectivity index (χ0v) is 18.7. The molecule has 1 atom stereocenters. The maximum Gasteiger partial charge on any atom is 0.209 e. The number of likely N-dealkylation sites (N-methyl/N-ethyl adjacent to an activating group) is 1. The second-order valence-corrected chi connectivity index (χ2v) is 8.51. The van der Waals surface area contributed by atoms with Gasteiger partial charge >= 0.3 is 0 Å². The highest BCUT2D eigenvalue weighted by Crippen LogP contribution is 2.15. The summed E-state index contributed by atoms with van der Waals surface area (Å²) in [5, 5.41) is 6.60. The van der Waals surface area contributed by atoms with Crippen molar-refractivity contribution >= 4 is 40.0 Å². The van der Waals surface area contributed by atoms with Gasteiger partial charge in [0, 0.05) is 24.7 Å². The summed E-state index contributed by atoms with van der Waals surface area (Å²) in [5.41, 5.74) is -0.612. The predicted molar refractivity (Wildman–Crippen MR) is 112 cm³/mol. The number of hydrogen-bond donors (Lipinski definition) is 3. The molecule has 1 fully saturated rings. The smallest absolute Gasteiger partial charge is 0.209 e. The summed E-state index contributed by atoms with van der Waals surface area (Å²) in [6, 6.07) is 0.547. The van der Waals surface area contributed by atoms with Gasteiger partial charge in [0.1, 0.15) is 0 Å². The minimum Gasteiger partial charge on any atom is -0.357 e. The highest BCUT2D eigenvalue weighted by atomic mass is 127. The van der Waals surface area contributed by atoms with Gasteiger partial charge in [0.05, 0.1) is 12.8 Å². The number of nitrogens with zero attached hydrogens (tertiary/aromatic N) is 2. The Bertz CT molecular complexity index is 496. The van der Waals surface area contributed by atoms with Gasteiger partial charge in [-0.05, 0) is 46.7 Å². The maximum absolute atomic E-state index is 11.4. The zero-order valence-electron chi connectivity index (χ0n) is 15.6. The molecule has 9 heteroatoms. The molecule has 0 bridgehead atoms. The van der Waals surface area contributed by atoms with Crippen molar-refractivity contribution in [2.24, 2.45) is 4.99 Å². The number of guanidine groups is 1. The van der Waals surface area contributed by atoms with E-state index in [-0.39, 0.29) is 24.0 Å².